The molecule has 5 heteroatoms. The van der Waals surface area contributed by atoms with Gasteiger partial charge in [-0.2, -0.15) is 0 Å². The summed E-state index contributed by atoms with van der Waals surface area (Å²) in [4.78, 5) is 15.9. The van der Waals surface area contributed by atoms with Crippen LogP contribution in [-0.2, 0) is 4.79 Å². The minimum absolute atomic E-state index is 0.187. The van der Waals surface area contributed by atoms with Crippen molar-refractivity contribution >= 4 is 11.9 Å². The highest BCUT2D eigenvalue weighted by atomic mass is 16.1. The van der Waals surface area contributed by atoms with Crippen LogP contribution in [0.15, 0.2) is 4.99 Å². The Labute approximate surface area is 129 Å². The van der Waals surface area contributed by atoms with Gasteiger partial charge in [0.05, 0.1) is 0 Å². The monoisotopic (exact) mass is 296 g/mol. The number of carbonyl (C=O) groups excluding carboxylic acids is 1. The molecule has 1 fully saturated rings. The minimum Gasteiger partial charge on any atom is -0.356 e. The van der Waals surface area contributed by atoms with E-state index in [0.717, 1.165) is 18.9 Å². The molecule has 0 aromatic rings. The normalized spacial score (nSPS) is 16.3. The van der Waals surface area contributed by atoms with E-state index in [1.807, 2.05) is 0 Å². The van der Waals surface area contributed by atoms with Gasteiger partial charge in [-0.05, 0) is 31.1 Å². The quantitative estimate of drug-likeness (QED) is 0.364. The van der Waals surface area contributed by atoms with Crippen LogP contribution in [0.5, 0.6) is 0 Å². The van der Waals surface area contributed by atoms with E-state index in [0.29, 0.717) is 31.3 Å². The summed E-state index contributed by atoms with van der Waals surface area (Å²) < 4.78 is 0. The predicted molar refractivity (Wildman–Crippen MR) is 88.4 cm³/mol. The fourth-order valence-electron chi connectivity index (χ4n) is 2.63. The number of nitrogens with one attached hydrogen (secondary N) is 3. The molecule has 0 aromatic heterocycles. The number of rotatable bonds is 8. The molecule has 1 amide bonds. The first-order valence-electron chi connectivity index (χ1n) is 8.33. The molecule has 122 valence electrons. The molecule has 1 saturated carbocycles. The van der Waals surface area contributed by atoms with Crippen LogP contribution in [-0.4, -0.2) is 38.5 Å². The van der Waals surface area contributed by atoms with Gasteiger partial charge >= 0.3 is 0 Å². The molecule has 1 rings (SSSR count). The second-order valence-corrected chi connectivity index (χ2v) is 6.31. The first-order chi connectivity index (χ1) is 10.1. The molecule has 0 heterocycles. The average molecular weight is 296 g/mol. The fraction of sp³-hybridized carbons (Fsp3) is 0.875. The zero-order valence-electron chi connectivity index (χ0n) is 13.9. The van der Waals surface area contributed by atoms with Gasteiger partial charge in [0.25, 0.3) is 0 Å². The third-order valence-corrected chi connectivity index (χ3v) is 3.93. The van der Waals surface area contributed by atoms with E-state index in [1.54, 1.807) is 7.05 Å². The van der Waals surface area contributed by atoms with Crippen molar-refractivity contribution in [2.45, 2.75) is 52.4 Å². The lowest BCUT2D eigenvalue weighted by Crippen LogP contribution is -2.42. The van der Waals surface area contributed by atoms with E-state index in [1.165, 1.54) is 25.7 Å². The highest BCUT2D eigenvalue weighted by molar-refractivity contribution is 5.79. The van der Waals surface area contributed by atoms with Gasteiger partial charge in [0.2, 0.25) is 5.91 Å². The third-order valence-electron chi connectivity index (χ3n) is 3.93. The lowest BCUT2D eigenvalue weighted by Gasteiger charge is -2.13. The minimum atomic E-state index is 0.187. The molecular weight excluding hydrogens is 264 g/mol. The SMILES string of the molecule is CN=C(NCCNC(=O)CC1CCCC1)NCCC(C)C. The second-order valence-electron chi connectivity index (χ2n) is 6.31. The molecule has 1 aliphatic rings. The van der Waals surface area contributed by atoms with E-state index < -0.39 is 0 Å². The third kappa shape index (κ3) is 8.58. The zero-order valence-corrected chi connectivity index (χ0v) is 13.9. The maximum absolute atomic E-state index is 11.8. The maximum atomic E-state index is 11.8. The highest BCUT2D eigenvalue weighted by Gasteiger charge is 2.17. The Kier molecular flexibility index (Phi) is 8.87. The van der Waals surface area contributed by atoms with Crippen molar-refractivity contribution in [1.29, 1.82) is 0 Å². The van der Waals surface area contributed by atoms with Crippen LogP contribution in [0.25, 0.3) is 0 Å². The van der Waals surface area contributed by atoms with E-state index in [2.05, 4.69) is 34.8 Å². The van der Waals surface area contributed by atoms with Crippen LogP contribution >= 0.6 is 0 Å². The highest BCUT2D eigenvalue weighted by Crippen LogP contribution is 2.27. The van der Waals surface area contributed by atoms with Crippen molar-refractivity contribution in [3.05, 3.63) is 0 Å². The molecule has 1 aliphatic carbocycles. The van der Waals surface area contributed by atoms with E-state index in [9.17, 15) is 4.79 Å². The molecule has 0 bridgehead atoms. The Morgan fingerprint density at radius 2 is 1.71 bits per heavy atom. The van der Waals surface area contributed by atoms with Crippen LogP contribution in [0.3, 0.4) is 0 Å². The number of hydrogen-bond donors (Lipinski definition) is 3. The fourth-order valence-corrected chi connectivity index (χ4v) is 2.63. The first-order valence-corrected chi connectivity index (χ1v) is 8.33. The molecule has 0 aromatic carbocycles. The van der Waals surface area contributed by atoms with E-state index >= 15 is 0 Å². The summed E-state index contributed by atoms with van der Waals surface area (Å²) in [7, 11) is 1.77. The van der Waals surface area contributed by atoms with Gasteiger partial charge in [0, 0.05) is 33.1 Å². The van der Waals surface area contributed by atoms with Crippen molar-refractivity contribution in [3.8, 4) is 0 Å². The molecule has 5 nitrogen and oxygen atoms in total. The van der Waals surface area contributed by atoms with Gasteiger partial charge in [0.15, 0.2) is 5.96 Å². The van der Waals surface area contributed by atoms with Gasteiger partial charge in [-0.15, -0.1) is 0 Å². The smallest absolute Gasteiger partial charge is 0.220 e. The standard InChI is InChI=1S/C16H32N4O/c1-13(2)8-9-19-16(17-3)20-11-10-18-15(21)12-14-6-4-5-7-14/h13-14H,4-12H2,1-3H3,(H,18,21)(H2,17,19,20). The van der Waals surface area contributed by atoms with Crippen molar-refractivity contribution in [1.82, 2.24) is 16.0 Å². The summed E-state index contributed by atoms with van der Waals surface area (Å²) >= 11 is 0. The number of guanidine groups is 1. The second kappa shape index (κ2) is 10.5. The Morgan fingerprint density at radius 3 is 2.33 bits per heavy atom. The maximum Gasteiger partial charge on any atom is 0.220 e. The van der Waals surface area contributed by atoms with Crippen LogP contribution < -0.4 is 16.0 Å². The van der Waals surface area contributed by atoms with Crippen molar-refractivity contribution in [2.75, 3.05) is 26.7 Å². The predicted octanol–water partition coefficient (Wildman–Crippen LogP) is 1.89. The van der Waals surface area contributed by atoms with Crippen LogP contribution in [0, 0.1) is 11.8 Å². The molecule has 0 spiro atoms. The molecule has 0 saturated heterocycles. The molecule has 0 radical (unpaired) electrons. The largest absolute Gasteiger partial charge is 0.356 e. The Hall–Kier alpha value is -1.26. The number of nitrogens with zero attached hydrogens (tertiary/aromatic N) is 1. The summed E-state index contributed by atoms with van der Waals surface area (Å²) in [6, 6.07) is 0. The number of carbonyl (C=O) groups is 1. The van der Waals surface area contributed by atoms with Crippen molar-refractivity contribution < 1.29 is 4.79 Å². The number of aliphatic imine (C=N–C) groups is 1. The summed E-state index contributed by atoms with van der Waals surface area (Å²) in [5.74, 6) is 2.29. The molecule has 21 heavy (non-hydrogen) atoms. The molecule has 0 aliphatic heterocycles. The summed E-state index contributed by atoms with van der Waals surface area (Å²) in [5.41, 5.74) is 0. The molecular formula is C16H32N4O. The van der Waals surface area contributed by atoms with Gasteiger partial charge in [0.1, 0.15) is 0 Å². The first kappa shape index (κ1) is 17.8. The van der Waals surface area contributed by atoms with Crippen LogP contribution in [0.1, 0.15) is 52.4 Å². The average Bonchev–Trinajstić information content (AvgIpc) is 2.93. The van der Waals surface area contributed by atoms with Crippen molar-refractivity contribution in [3.63, 3.8) is 0 Å². The number of amides is 1. The van der Waals surface area contributed by atoms with E-state index in [-0.39, 0.29) is 5.91 Å². The summed E-state index contributed by atoms with van der Waals surface area (Å²) in [5, 5.41) is 9.47. The van der Waals surface area contributed by atoms with Crippen LogP contribution in [0.2, 0.25) is 0 Å². The Bertz CT molecular complexity index is 322. The lowest BCUT2D eigenvalue weighted by molar-refractivity contribution is -0.121. The van der Waals surface area contributed by atoms with Gasteiger partial charge in [-0.25, -0.2) is 0 Å². The number of hydrogen-bond acceptors (Lipinski definition) is 2. The van der Waals surface area contributed by atoms with Crippen LogP contribution in [0.4, 0.5) is 0 Å². The lowest BCUT2D eigenvalue weighted by atomic mass is 10.0. The van der Waals surface area contributed by atoms with Crippen molar-refractivity contribution in [2.24, 2.45) is 16.8 Å². The molecule has 0 atom stereocenters. The topological polar surface area (TPSA) is 65.5 Å². The van der Waals surface area contributed by atoms with E-state index in [4.69, 9.17) is 0 Å². The molecule has 3 N–H and O–H groups in total. The summed E-state index contributed by atoms with van der Waals surface area (Å²) in [6.07, 6.45) is 6.84. The van der Waals surface area contributed by atoms with Gasteiger partial charge in [-0.1, -0.05) is 26.7 Å². The zero-order chi connectivity index (χ0) is 15.5. The van der Waals surface area contributed by atoms with Gasteiger partial charge < -0.3 is 16.0 Å². The molecule has 0 unspecified atom stereocenters. The Morgan fingerprint density at radius 1 is 1.10 bits per heavy atom. The summed E-state index contributed by atoms with van der Waals surface area (Å²) in [6.45, 7) is 6.69. The van der Waals surface area contributed by atoms with Gasteiger partial charge in [-0.3, -0.25) is 9.79 Å². The Balaban J connectivity index is 2.04.